The van der Waals surface area contributed by atoms with Crippen LogP contribution in [-0.2, 0) is 4.74 Å². The van der Waals surface area contributed by atoms with Gasteiger partial charge in [0.05, 0.1) is 0 Å². The zero-order valence-corrected chi connectivity index (χ0v) is 11.8. The van der Waals surface area contributed by atoms with Crippen LogP contribution in [0.2, 0.25) is 0 Å². The first-order valence-electron chi connectivity index (χ1n) is 7.60. The molecule has 0 aromatic carbocycles. The highest BCUT2D eigenvalue weighted by Gasteiger charge is 1.92. The summed E-state index contributed by atoms with van der Waals surface area (Å²) in [7, 11) is 0. The van der Waals surface area contributed by atoms with E-state index in [4.69, 9.17) is 9.84 Å². The van der Waals surface area contributed by atoms with E-state index < -0.39 is 0 Å². The van der Waals surface area contributed by atoms with Crippen LogP contribution in [0.4, 0.5) is 0 Å². The lowest BCUT2D eigenvalue weighted by Crippen LogP contribution is -1.97. The van der Waals surface area contributed by atoms with Crippen LogP contribution in [0.3, 0.4) is 0 Å². The number of aliphatic hydroxyl groups is 1. The summed E-state index contributed by atoms with van der Waals surface area (Å²) in [6, 6.07) is 0. The van der Waals surface area contributed by atoms with Crippen LogP contribution >= 0.6 is 0 Å². The smallest absolute Gasteiger partial charge is 0.0466 e. The van der Waals surface area contributed by atoms with Crippen molar-refractivity contribution in [1.29, 1.82) is 0 Å². The molecule has 0 amide bonds. The average Bonchev–Trinajstić information content (AvgIpc) is 2.35. The minimum atomic E-state index is 0.332. The quantitative estimate of drug-likeness (QED) is 0.461. The number of rotatable bonds is 14. The van der Waals surface area contributed by atoms with Crippen LogP contribution in [0.15, 0.2) is 0 Å². The molecule has 0 saturated heterocycles. The second-order valence-corrected chi connectivity index (χ2v) is 4.87. The third-order valence-electron chi connectivity index (χ3n) is 3.09. The molecule has 0 aromatic heterocycles. The summed E-state index contributed by atoms with van der Waals surface area (Å²) < 4.78 is 5.58. The lowest BCUT2D eigenvalue weighted by Gasteiger charge is -2.04. The van der Waals surface area contributed by atoms with E-state index >= 15 is 0 Å². The largest absolute Gasteiger partial charge is 0.396 e. The summed E-state index contributed by atoms with van der Waals surface area (Å²) in [6.07, 6.45) is 13.9. The molecule has 0 radical (unpaired) electrons. The minimum absolute atomic E-state index is 0.332. The molecule has 0 aliphatic rings. The molecule has 0 aliphatic heterocycles. The summed E-state index contributed by atoms with van der Waals surface area (Å²) in [4.78, 5) is 0. The predicted molar refractivity (Wildman–Crippen MR) is 74.4 cm³/mol. The van der Waals surface area contributed by atoms with Crippen LogP contribution in [-0.4, -0.2) is 24.9 Å². The average molecular weight is 244 g/mol. The van der Waals surface area contributed by atoms with Gasteiger partial charge in [-0.2, -0.15) is 0 Å². The highest BCUT2D eigenvalue weighted by Crippen LogP contribution is 2.07. The minimum Gasteiger partial charge on any atom is -0.396 e. The predicted octanol–water partition coefficient (Wildman–Crippen LogP) is 4.31. The zero-order valence-electron chi connectivity index (χ0n) is 11.8. The molecule has 0 fully saturated rings. The number of ether oxygens (including phenoxy) is 1. The SMILES string of the molecule is CCCCCCCCCOCCCCCCO. The third-order valence-corrected chi connectivity index (χ3v) is 3.09. The van der Waals surface area contributed by atoms with Gasteiger partial charge in [0.15, 0.2) is 0 Å². The van der Waals surface area contributed by atoms with E-state index in [1.807, 2.05) is 0 Å². The molecule has 0 saturated carbocycles. The molecule has 0 bridgehead atoms. The Kier molecular flexibility index (Phi) is 15.8. The van der Waals surface area contributed by atoms with Gasteiger partial charge >= 0.3 is 0 Å². The number of aliphatic hydroxyl groups excluding tert-OH is 1. The third kappa shape index (κ3) is 15.9. The van der Waals surface area contributed by atoms with Crippen LogP contribution in [0.5, 0.6) is 0 Å². The number of unbranched alkanes of at least 4 members (excludes halogenated alkanes) is 9. The molecule has 2 heteroatoms. The second-order valence-electron chi connectivity index (χ2n) is 4.87. The maximum atomic E-state index is 8.61. The van der Waals surface area contributed by atoms with Crippen molar-refractivity contribution in [2.45, 2.75) is 77.6 Å². The summed E-state index contributed by atoms with van der Waals surface area (Å²) in [5.74, 6) is 0. The normalized spacial score (nSPS) is 10.9. The van der Waals surface area contributed by atoms with Gasteiger partial charge in [0.25, 0.3) is 0 Å². The van der Waals surface area contributed by atoms with Crippen molar-refractivity contribution in [3.63, 3.8) is 0 Å². The highest BCUT2D eigenvalue weighted by molar-refractivity contribution is 4.45. The topological polar surface area (TPSA) is 29.5 Å². The van der Waals surface area contributed by atoms with Crippen molar-refractivity contribution in [3.8, 4) is 0 Å². The maximum absolute atomic E-state index is 8.61. The number of hydrogen-bond acceptors (Lipinski definition) is 2. The molecule has 0 rings (SSSR count). The summed E-state index contributed by atoms with van der Waals surface area (Å²) in [6.45, 7) is 4.43. The fraction of sp³-hybridized carbons (Fsp3) is 1.00. The van der Waals surface area contributed by atoms with Gasteiger partial charge in [-0.1, -0.05) is 58.3 Å². The van der Waals surface area contributed by atoms with E-state index in [1.54, 1.807) is 0 Å². The summed E-state index contributed by atoms with van der Waals surface area (Å²) in [5.41, 5.74) is 0. The van der Waals surface area contributed by atoms with Gasteiger partial charge in [-0.3, -0.25) is 0 Å². The van der Waals surface area contributed by atoms with E-state index in [9.17, 15) is 0 Å². The molecule has 0 aromatic rings. The van der Waals surface area contributed by atoms with Gasteiger partial charge in [0.1, 0.15) is 0 Å². The van der Waals surface area contributed by atoms with Crippen molar-refractivity contribution in [3.05, 3.63) is 0 Å². The fourth-order valence-corrected chi connectivity index (χ4v) is 1.93. The van der Waals surface area contributed by atoms with Gasteiger partial charge in [0, 0.05) is 19.8 Å². The van der Waals surface area contributed by atoms with Gasteiger partial charge in [0.2, 0.25) is 0 Å². The van der Waals surface area contributed by atoms with Crippen molar-refractivity contribution >= 4 is 0 Å². The van der Waals surface area contributed by atoms with Gasteiger partial charge < -0.3 is 9.84 Å². The second kappa shape index (κ2) is 15.9. The maximum Gasteiger partial charge on any atom is 0.0466 e. The first kappa shape index (κ1) is 16.9. The molecule has 0 aliphatic carbocycles. The summed E-state index contributed by atoms with van der Waals surface area (Å²) >= 11 is 0. The van der Waals surface area contributed by atoms with Crippen LogP contribution in [0.25, 0.3) is 0 Å². The van der Waals surface area contributed by atoms with E-state index in [0.29, 0.717) is 6.61 Å². The standard InChI is InChI=1S/C15H32O2/c1-2-3-4-5-6-8-11-14-17-15-12-9-7-10-13-16/h16H,2-15H2,1H3. The molecule has 0 unspecified atom stereocenters. The van der Waals surface area contributed by atoms with Gasteiger partial charge in [-0.15, -0.1) is 0 Å². The van der Waals surface area contributed by atoms with E-state index in [2.05, 4.69) is 6.92 Å². The Hall–Kier alpha value is -0.0800. The Morgan fingerprint density at radius 1 is 0.647 bits per heavy atom. The summed E-state index contributed by atoms with van der Waals surface area (Å²) in [5, 5.41) is 8.61. The Bertz CT molecular complexity index is 112. The van der Waals surface area contributed by atoms with E-state index in [-0.39, 0.29) is 0 Å². The first-order chi connectivity index (χ1) is 8.41. The first-order valence-corrected chi connectivity index (χ1v) is 7.60. The van der Waals surface area contributed by atoms with Crippen LogP contribution in [0, 0.1) is 0 Å². The van der Waals surface area contributed by atoms with Crippen molar-refractivity contribution in [2.75, 3.05) is 19.8 Å². The Labute approximate surface area is 108 Å². The Morgan fingerprint density at radius 3 is 1.65 bits per heavy atom. The number of hydrogen-bond donors (Lipinski definition) is 1. The lowest BCUT2D eigenvalue weighted by atomic mass is 10.1. The molecule has 0 atom stereocenters. The Morgan fingerprint density at radius 2 is 1.12 bits per heavy atom. The van der Waals surface area contributed by atoms with Gasteiger partial charge in [-0.05, 0) is 19.3 Å². The molecule has 104 valence electrons. The monoisotopic (exact) mass is 244 g/mol. The van der Waals surface area contributed by atoms with Crippen LogP contribution in [0.1, 0.15) is 77.6 Å². The lowest BCUT2D eigenvalue weighted by molar-refractivity contribution is 0.125. The molecule has 2 nitrogen and oxygen atoms in total. The highest BCUT2D eigenvalue weighted by atomic mass is 16.5. The van der Waals surface area contributed by atoms with Crippen molar-refractivity contribution in [2.24, 2.45) is 0 Å². The molecule has 17 heavy (non-hydrogen) atoms. The van der Waals surface area contributed by atoms with Crippen molar-refractivity contribution in [1.82, 2.24) is 0 Å². The molecular weight excluding hydrogens is 212 g/mol. The van der Waals surface area contributed by atoms with Gasteiger partial charge in [-0.25, -0.2) is 0 Å². The van der Waals surface area contributed by atoms with Crippen molar-refractivity contribution < 1.29 is 9.84 Å². The molecule has 0 heterocycles. The molecular formula is C15H32O2. The zero-order chi connectivity index (χ0) is 12.6. The van der Waals surface area contributed by atoms with E-state index in [0.717, 1.165) is 32.5 Å². The molecule has 0 spiro atoms. The van der Waals surface area contributed by atoms with Crippen LogP contribution < -0.4 is 0 Å². The fourth-order valence-electron chi connectivity index (χ4n) is 1.93. The van der Waals surface area contributed by atoms with E-state index in [1.165, 1.54) is 51.4 Å². The molecule has 1 N–H and O–H groups in total. The Balaban J connectivity index is 2.85.